The van der Waals surface area contributed by atoms with E-state index >= 15 is 0 Å². The Morgan fingerprint density at radius 2 is 2.19 bits per heavy atom. The molecule has 0 saturated carbocycles. The van der Waals surface area contributed by atoms with Crippen molar-refractivity contribution in [2.75, 3.05) is 6.61 Å². The van der Waals surface area contributed by atoms with E-state index in [1.807, 2.05) is 26.0 Å². The molecule has 0 atom stereocenters. The van der Waals surface area contributed by atoms with Gasteiger partial charge in [-0.2, -0.15) is 0 Å². The van der Waals surface area contributed by atoms with Crippen molar-refractivity contribution in [3.63, 3.8) is 0 Å². The fourth-order valence-electron chi connectivity index (χ4n) is 2.14. The normalized spacial score (nSPS) is 16.9. The van der Waals surface area contributed by atoms with E-state index in [0.29, 0.717) is 0 Å². The second-order valence-corrected chi connectivity index (χ2v) is 4.40. The Morgan fingerprint density at radius 3 is 2.88 bits per heavy atom. The van der Waals surface area contributed by atoms with Crippen LogP contribution in [-0.2, 0) is 6.42 Å². The summed E-state index contributed by atoms with van der Waals surface area (Å²) in [7, 11) is 0. The lowest BCUT2D eigenvalue weighted by molar-refractivity contribution is 0.242. The fourth-order valence-corrected chi connectivity index (χ4v) is 2.14. The van der Waals surface area contributed by atoms with Crippen molar-refractivity contribution in [2.24, 2.45) is 0 Å². The number of aryl methyl sites for hydroxylation is 1. The van der Waals surface area contributed by atoms with Gasteiger partial charge in [-0.15, -0.1) is 0 Å². The van der Waals surface area contributed by atoms with Crippen LogP contribution in [0.3, 0.4) is 0 Å². The zero-order valence-corrected chi connectivity index (χ0v) is 9.86. The van der Waals surface area contributed by atoms with Crippen LogP contribution in [0.4, 0.5) is 0 Å². The van der Waals surface area contributed by atoms with Crippen LogP contribution in [0.15, 0.2) is 24.3 Å². The number of ether oxygens (including phenoxy) is 1. The van der Waals surface area contributed by atoms with Gasteiger partial charge in [0.05, 0.1) is 12.7 Å². The van der Waals surface area contributed by atoms with E-state index in [4.69, 9.17) is 9.84 Å². The number of aliphatic hydroxyl groups is 1. The number of hydrogen-bond acceptors (Lipinski definition) is 2. The van der Waals surface area contributed by atoms with Crippen molar-refractivity contribution in [3.8, 4) is 5.75 Å². The lowest BCUT2D eigenvalue weighted by atomic mass is 10.1. The molecule has 1 aromatic rings. The minimum atomic E-state index is 0.115. The van der Waals surface area contributed by atoms with Crippen molar-refractivity contribution >= 4 is 5.57 Å². The minimum Gasteiger partial charge on any atom is -0.491 e. The molecule has 0 unspecified atom stereocenters. The van der Waals surface area contributed by atoms with E-state index < -0.39 is 0 Å². The molecular formula is C14H18O2. The Kier molecular flexibility index (Phi) is 3.30. The number of benzene rings is 1. The SMILES string of the molecule is CC(C)Oc1ccc2c(c1)/C(=C/CO)CC2. The third kappa shape index (κ3) is 2.27. The number of fused-ring (bicyclic) bond motifs is 1. The maximum absolute atomic E-state index is 8.96. The highest BCUT2D eigenvalue weighted by Crippen LogP contribution is 2.34. The maximum Gasteiger partial charge on any atom is 0.120 e. The Morgan fingerprint density at radius 1 is 1.38 bits per heavy atom. The Balaban J connectivity index is 2.30. The molecule has 0 fully saturated rings. The van der Waals surface area contributed by atoms with Gasteiger partial charge < -0.3 is 9.84 Å². The van der Waals surface area contributed by atoms with Crippen molar-refractivity contribution < 1.29 is 9.84 Å². The average Bonchev–Trinajstić information content (AvgIpc) is 2.61. The first-order chi connectivity index (χ1) is 7.70. The molecule has 1 aliphatic carbocycles. The summed E-state index contributed by atoms with van der Waals surface area (Å²) in [6, 6.07) is 6.25. The zero-order chi connectivity index (χ0) is 11.5. The van der Waals surface area contributed by atoms with Crippen LogP contribution in [0.2, 0.25) is 0 Å². The van der Waals surface area contributed by atoms with Crippen LogP contribution in [0, 0.1) is 0 Å². The predicted octanol–water partition coefficient (Wildman–Crippen LogP) is 2.80. The summed E-state index contributed by atoms with van der Waals surface area (Å²) >= 11 is 0. The topological polar surface area (TPSA) is 29.5 Å². The van der Waals surface area contributed by atoms with E-state index in [1.54, 1.807) is 0 Å². The summed E-state index contributed by atoms with van der Waals surface area (Å²) in [5.41, 5.74) is 3.84. The highest BCUT2D eigenvalue weighted by atomic mass is 16.5. The zero-order valence-electron chi connectivity index (χ0n) is 9.86. The van der Waals surface area contributed by atoms with E-state index in [9.17, 15) is 0 Å². The van der Waals surface area contributed by atoms with E-state index in [0.717, 1.165) is 18.6 Å². The third-order valence-corrected chi connectivity index (χ3v) is 2.80. The molecule has 0 saturated heterocycles. The van der Waals surface area contributed by atoms with Crippen molar-refractivity contribution in [1.82, 2.24) is 0 Å². The van der Waals surface area contributed by atoms with Crippen LogP contribution >= 0.6 is 0 Å². The molecule has 2 nitrogen and oxygen atoms in total. The smallest absolute Gasteiger partial charge is 0.120 e. The Bertz CT molecular complexity index is 405. The van der Waals surface area contributed by atoms with Gasteiger partial charge in [-0.1, -0.05) is 12.1 Å². The maximum atomic E-state index is 8.96. The van der Waals surface area contributed by atoms with Crippen LogP contribution < -0.4 is 4.74 Å². The number of aliphatic hydroxyl groups excluding tert-OH is 1. The molecule has 1 aliphatic rings. The predicted molar refractivity (Wildman–Crippen MR) is 65.6 cm³/mol. The van der Waals surface area contributed by atoms with Crippen molar-refractivity contribution in [1.29, 1.82) is 0 Å². The summed E-state index contributed by atoms with van der Waals surface area (Å²) in [6.45, 7) is 4.17. The van der Waals surface area contributed by atoms with Gasteiger partial charge in [0.2, 0.25) is 0 Å². The molecule has 0 amide bonds. The van der Waals surface area contributed by atoms with Gasteiger partial charge in [-0.25, -0.2) is 0 Å². The fraction of sp³-hybridized carbons (Fsp3) is 0.429. The van der Waals surface area contributed by atoms with Gasteiger partial charge in [-0.05, 0) is 55.5 Å². The van der Waals surface area contributed by atoms with Gasteiger partial charge in [0.1, 0.15) is 5.75 Å². The van der Waals surface area contributed by atoms with Crippen LogP contribution in [-0.4, -0.2) is 17.8 Å². The van der Waals surface area contributed by atoms with Gasteiger partial charge in [0.25, 0.3) is 0 Å². The van der Waals surface area contributed by atoms with Crippen LogP contribution in [0.1, 0.15) is 31.4 Å². The van der Waals surface area contributed by atoms with Gasteiger partial charge in [-0.3, -0.25) is 0 Å². The standard InChI is InChI=1S/C14H18O2/c1-10(2)16-13-6-5-11-3-4-12(7-8-15)14(11)9-13/h5-7,9-10,15H,3-4,8H2,1-2H3/b12-7+. The first-order valence-corrected chi connectivity index (χ1v) is 5.80. The largest absolute Gasteiger partial charge is 0.491 e. The quantitative estimate of drug-likeness (QED) is 0.845. The first-order valence-electron chi connectivity index (χ1n) is 5.80. The Labute approximate surface area is 96.6 Å². The Hall–Kier alpha value is -1.28. The van der Waals surface area contributed by atoms with Crippen molar-refractivity contribution in [3.05, 3.63) is 35.4 Å². The summed E-state index contributed by atoms with van der Waals surface area (Å²) in [4.78, 5) is 0. The summed E-state index contributed by atoms with van der Waals surface area (Å²) in [5, 5.41) is 8.96. The average molecular weight is 218 g/mol. The molecule has 0 radical (unpaired) electrons. The molecule has 86 valence electrons. The van der Waals surface area contributed by atoms with E-state index in [1.165, 1.54) is 16.7 Å². The first kappa shape index (κ1) is 11.2. The summed E-state index contributed by atoms with van der Waals surface area (Å²) < 4.78 is 5.68. The molecule has 0 bridgehead atoms. The van der Waals surface area contributed by atoms with Crippen molar-refractivity contribution in [2.45, 2.75) is 32.8 Å². The lowest BCUT2D eigenvalue weighted by Gasteiger charge is -2.11. The summed E-state index contributed by atoms with van der Waals surface area (Å²) in [6.07, 6.45) is 4.19. The van der Waals surface area contributed by atoms with E-state index in [-0.39, 0.29) is 12.7 Å². The molecule has 16 heavy (non-hydrogen) atoms. The molecule has 2 rings (SSSR count). The molecule has 0 aliphatic heterocycles. The van der Waals surface area contributed by atoms with Gasteiger partial charge in [0.15, 0.2) is 0 Å². The molecule has 1 aromatic carbocycles. The monoisotopic (exact) mass is 218 g/mol. The third-order valence-electron chi connectivity index (χ3n) is 2.80. The van der Waals surface area contributed by atoms with Gasteiger partial charge >= 0.3 is 0 Å². The van der Waals surface area contributed by atoms with Gasteiger partial charge in [0, 0.05) is 0 Å². The highest BCUT2D eigenvalue weighted by molar-refractivity contribution is 5.73. The second kappa shape index (κ2) is 4.71. The molecule has 1 N–H and O–H groups in total. The molecular weight excluding hydrogens is 200 g/mol. The van der Waals surface area contributed by atoms with E-state index in [2.05, 4.69) is 12.1 Å². The second-order valence-electron chi connectivity index (χ2n) is 4.40. The highest BCUT2D eigenvalue weighted by Gasteiger charge is 2.16. The van der Waals surface area contributed by atoms with Crippen LogP contribution in [0.5, 0.6) is 5.75 Å². The number of rotatable bonds is 3. The number of allylic oxidation sites excluding steroid dienone is 1. The molecule has 0 aromatic heterocycles. The molecule has 2 heteroatoms. The summed E-state index contributed by atoms with van der Waals surface area (Å²) in [5.74, 6) is 0.916. The minimum absolute atomic E-state index is 0.115. The number of hydrogen-bond donors (Lipinski definition) is 1. The molecule has 0 spiro atoms. The van der Waals surface area contributed by atoms with Crippen LogP contribution in [0.25, 0.3) is 5.57 Å². The lowest BCUT2D eigenvalue weighted by Crippen LogP contribution is -2.05. The molecule has 0 heterocycles.